The van der Waals surface area contributed by atoms with E-state index in [2.05, 4.69) is 36.0 Å². The second-order valence-corrected chi connectivity index (χ2v) is 5.48. The predicted molar refractivity (Wildman–Crippen MR) is 86.3 cm³/mol. The normalized spacial score (nSPS) is 12.4. The summed E-state index contributed by atoms with van der Waals surface area (Å²) in [7, 11) is 0. The van der Waals surface area contributed by atoms with Gasteiger partial charge in [0, 0.05) is 12.2 Å². The van der Waals surface area contributed by atoms with Gasteiger partial charge in [-0.2, -0.15) is 0 Å². The van der Waals surface area contributed by atoms with Crippen LogP contribution in [0.25, 0.3) is 0 Å². The van der Waals surface area contributed by atoms with Crippen molar-refractivity contribution >= 4 is 23.4 Å². The molecule has 0 aromatic carbocycles. The summed E-state index contributed by atoms with van der Waals surface area (Å²) in [6.45, 7) is 9.61. The van der Waals surface area contributed by atoms with Gasteiger partial charge in [-0.05, 0) is 45.5 Å². The van der Waals surface area contributed by atoms with Gasteiger partial charge in [0.2, 0.25) is 0 Å². The Hall–Kier alpha value is -1.33. The van der Waals surface area contributed by atoms with Crippen LogP contribution in [0.5, 0.6) is 0 Å². The molecule has 0 saturated heterocycles. The molecule has 0 bridgehead atoms. The molecule has 21 heavy (non-hydrogen) atoms. The Bertz CT molecular complexity index is 464. The number of nitrogens with zero attached hydrogens (tertiary/aromatic N) is 2. The number of anilines is 1. The van der Waals surface area contributed by atoms with E-state index in [4.69, 9.17) is 16.7 Å². The highest BCUT2D eigenvalue weighted by atomic mass is 35.5. The number of aromatic carboxylic acids is 1. The van der Waals surface area contributed by atoms with Gasteiger partial charge in [0.15, 0.2) is 0 Å². The van der Waals surface area contributed by atoms with E-state index in [1.165, 1.54) is 12.3 Å². The molecule has 1 aromatic heterocycles. The van der Waals surface area contributed by atoms with E-state index in [1.54, 1.807) is 0 Å². The molecule has 0 aliphatic rings. The summed E-state index contributed by atoms with van der Waals surface area (Å²) in [6, 6.07) is 1.71. The monoisotopic (exact) mass is 313 g/mol. The molecule has 118 valence electrons. The van der Waals surface area contributed by atoms with Gasteiger partial charge in [-0.1, -0.05) is 25.4 Å². The van der Waals surface area contributed by atoms with Crippen LogP contribution in [0.2, 0.25) is 5.02 Å². The zero-order valence-electron chi connectivity index (χ0n) is 12.9. The minimum Gasteiger partial charge on any atom is -0.478 e. The van der Waals surface area contributed by atoms with Crippen molar-refractivity contribution in [3.63, 3.8) is 0 Å². The molecule has 0 amide bonds. The number of hydrogen-bond acceptors (Lipinski definition) is 4. The molecule has 0 fully saturated rings. The summed E-state index contributed by atoms with van der Waals surface area (Å²) in [5.41, 5.74) is 0.0736. The molecule has 1 atom stereocenters. The Kier molecular flexibility index (Phi) is 7.47. The number of carboxylic acids is 1. The minimum atomic E-state index is -1.04. The maximum absolute atomic E-state index is 11.0. The number of nitrogens with one attached hydrogen (secondary N) is 1. The SMILES string of the molecule is CCN(CC)CCCC(C)Nc1cc(C(=O)O)c(Cl)cn1. The molecule has 1 rings (SSSR count). The zero-order chi connectivity index (χ0) is 15.8. The number of carbonyl (C=O) groups is 1. The lowest BCUT2D eigenvalue weighted by Crippen LogP contribution is -2.25. The highest BCUT2D eigenvalue weighted by Crippen LogP contribution is 2.18. The molecule has 0 radical (unpaired) electrons. The van der Waals surface area contributed by atoms with Crippen molar-refractivity contribution in [2.75, 3.05) is 25.0 Å². The molecule has 2 N–H and O–H groups in total. The molecule has 0 aliphatic heterocycles. The van der Waals surface area contributed by atoms with Crippen LogP contribution < -0.4 is 5.32 Å². The van der Waals surface area contributed by atoms with E-state index < -0.39 is 5.97 Å². The van der Waals surface area contributed by atoms with E-state index in [0.29, 0.717) is 5.82 Å². The molecule has 6 heteroatoms. The second kappa shape index (κ2) is 8.85. The van der Waals surface area contributed by atoms with Crippen molar-refractivity contribution in [2.24, 2.45) is 0 Å². The highest BCUT2D eigenvalue weighted by Gasteiger charge is 2.11. The number of pyridine rings is 1. The summed E-state index contributed by atoms with van der Waals surface area (Å²) >= 11 is 5.80. The second-order valence-electron chi connectivity index (χ2n) is 5.07. The quantitative estimate of drug-likeness (QED) is 0.732. The fourth-order valence-corrected chi connectivity index (χ4v) is 2.35. The van der Waals surface area contributed by atoms with Crippen LogP contribution in [0.15, 0.2) is 12.3 Å². The van der Waals surface area contributed by atoms with Crippen LogP contribution in [0.4, 0.5) is 5.82 Å². The lowest BCUT2D eigenvalue weighted by Gasteiger charge is -2.20. The Morgan fingerprint density at radius 3 is 2.71 bits per heavy atom. The lowest BCUT2D eigenvalue weighted by atomic mass is 10.1. The standard InChI is InChI=1S/C15H24ClN3O2/c1-4-19(5-2)8-6-7-11(3)18-14-9-12(15(20)21)13(16)10-17-14/h9-11H,4-8H2,1-3H3,(H,17,18)(H,20,21). The van der Waals surface area contributed by atoms with E-state index in [0.717, 1.165) is 32.5 Å². The van der Waals surface area contributed by atoms with Crippen LogP contribution >= 0.6 is 11.6 Å². The average Bonchev–Trinajstić information content (AvgIpc) is 2.45. The first kappa shape index (κ1) is 17.7. The van der Waals surface area contributed by atoms with Gasteiger partial charge in [0.05, 0.1) is 10.6 Å². The largest absolute Gasteiger partial charge is 0.478 e. The maximum Gasteiger partial charge on any atom is 0.337 e. The van der Waals surface area contributed by atoms with Gasteiger partial charge in [0.25, 0.3) is 0 Å². The summed E-state index contributed by atoms with van der Waals surface area (Å²) in [5, 5.41) is 12.4. The molecule has 1 unspecified atom stereocenters. The molecule has 0 spiro atoms. The zero-order valence-corrected chi connectivity index (χ0v) is 13.7. The summed E-state index contributed by atoms with van der Waals surface area (Å²) in [6.07, 6.45) is 3.47. The van der Waals surface area contributed by atoms with Crippen molar-refractivity contribution in [1.82, 2.24) is 9.88 Å². The van der Waals surface area contributed by atoms with Crippen LogP contribution in [0, 0.1) is 0 Å². The van der Waals surface area contributed by atoms with Gasteiger partial charge in [-0.25, -0.2) is 9.78 Å². The maximum atomic E-state index is 11.0. The predicted octanol–water partition coefficient (Wildman–Crippen LogP) is 3.36. The van der Waals surface area contributed by atoms with E-state index in [1.807, 2.05) is 0 Å². The third kappa shape index (κ3) is 5.89. The molecule has 5 nitrogen and oxygen atoms in total. The molecular formula is C15H24ClN3O2. The number of carboxylic acid groups (broad SMARTS) is 1. The summed E-state index contributed by atoms with van der Waals surface area (Å²) in [4.78, 5) is 17.5. The Labute approximate surface area is 131 Å². The van der Waals surface area contributed by atoms with Crippen molar-refractivity contribution in [2.45, 2.75) is 39.7 Å². The Balaban J connectivity index is 2.49. The third-order valence-corrected chi connectivity index (χ3v) is 3.79. The Morgan fingerprint density at radius 1 is 1.48 bits per heavy atom. The van der Waals surface area contributed by atoms with E-state index >= 15 is 0 Å². The number of aromatic nitrogens is 1. The molecule has 0 saturated carbocycles. The molecular weight excluding hydrogens is 290 g/mol. The highest BCUT2D eigenvalue weighted by molar-refractivity contribution is 6.33. The molecule has 1 heterocycles. The van der Waals surface area contributed by atoms with Crippen LogP contribution in [0.1, 0.15) is 44.0 Å². The molecule has 0 aliphatic carbocycles. The van der Waals surface area contributed by atoms with Crippen LogP contribution in [-0.2, 0) is 0 Å². The summed E-state index contributed by atoms with van der Waals surface area (Å²) < 4.78 is 0. The van der Waals surface area contributed by atoms with Crippen molar-refractivity contribution in [3.8, 4) is 0 Å². The summed E-state index contributed by atoms with van der Waals surface area (Å²) in [5.74, 6) is -0.494. The van der Waals surface area contributed by atoms with Crippen molar-refractivity contribution in [3.05, 3.63) is 22.8 Å². The van der Waals surface area contributed by atoms with E-state index in [-0.39, 0.29) is 16.6 Å². The van der Waals surface area contributed by atoms with Crippen molar-refractivity contribution < 1.29 is 9.90 Å². The fraction of sp³-hybridized carbons (Fsp3) is 0.600. The first-order valence-corrected chi connectivity index (χ1v) is 7.73. The first-order valence-electron chi connectivity index (χ1n) is 7.35. The average molecular weight is 314 g/mol. The van der Waals surface area contributed by atoms with Gasteiger partial charge in [-0.15, -0.1) is 0 Å². The number of halogens is 1. The lowest BCUT2D eigenvalue weighted by molar-refractivity contribution is 0.0697. The topological polar surface area (TPSA) is 65.5 Å². The Morgan fingerprint density at radius 2 is 2.14 bits per heavy atom. The first-order chi connectivity index (χ1) is 9.97. The van der Waals surface area contributed by atoms with Crippen molar-refractivity contribution in [1.29, 1.82) is 0 Å². The van der Waals surface area contributed by atoms with Gasteiger partial charge in [-0.3, -0.25) is 0 Å². The van der Waals surface area contributed by atoms with Crippen LogP contribution in [0.3, 0.4) is 0 Å². The number of hydrogen-bond donors (Lipinski definition) is 2. The smallest absolute Gasteiger partial charge is 0.337 e. The molecule has 1 aromatic rings. The fourth-order valence-electron chi connectivity index (χ4n) is 2.17. The number of rotatable bonds is 9. The van der Waals surface area contributed by atoms with Gasteiger partial charge in [0.1, 0.15) is 5.82 Å². The van der Waals surface area contributed by atoms with E-state index in [9.17, 15) is 4.79 Å². The van der Waals surface area contributed by atoms with Crippen LogP contribution in [-0.4, -0.2) is 46.6 Å². The third-order valence-electron chi connectivity index (χ3n) is 3.49. The van der Waals surface area contributed by atoms with Gasteiger partial charge < -0.3 is 15.3 Å². The minimum absolute atomic E-state index is 0.0736. The van der Waals surface area contributed by atoms with Gasteiger partial charge >= 0.3 is 5.97 Å².